The molecule has 0 spiro atoms. The van der Waals surface area contributed by atoms with Crippen LogP contribution in [0.2, 0.25) is 0 Å². The monoisotopic (exact) mass is 344 g/mol. The summed E-state index contributed by atoms with van der Waals surface area (Å²) in [5.41, 5.74) is 2.15. The lowest BCUT2D eigenvalue weighted by Crippen LogP contribution is -2.26. The maximum Gasteiger partial charge on any atom is 0.252 e. The van der Waals surface area contributed by atoms with E-state index in [1.165, 1.54) is 36.1 Å². The van der Waals surface area contributed by atoms with Crippen LogP contribution in [-0.4, -0.2) is 20.7 Å². The van der Waals surface area contributed by atoms with E-state index in [0.29, 0.717) is 6.54 Å². The van der Waals surface area contributed by atoms with Crippen LogP contribution in [0.5, 0.6) is 0 Å². The summed E-state index contributed by atoms with van der Waals surface area (Å²) in [6.07, 6.45) is 7.92. The summed E-state index contributed by atoms with van der Waals surface area (Å²) >= 11 is 1.74. The summed E-state index contributed by atoms with van der Waals surface area (Å²) in [5.74, 6) is 2.73. The maximum atomic E-state index is 12.6. The first-order valence-electron chi connectivity index (χ1n) is 9.00. The molecule has 24 heavy (non-hydrogen) atoms. The van der Waals surface area contributed by atoms with Crippen molar-refractivity contribution in [1.29, 1.82) is 0 Å². The zero-order valence-corrected chi connectivity index (χ0v) is 15.0. The van der Waals surface area contributed by atoms with Crippen LogP contribution in [0.1, 0.15) is 65.1 Å². The second-order valence-corrected chi connectivity index (χ2v) is 8.04. The molecule has 0 saturated carbocycles. The van der Waals surface area contributed by atoms with E-state index >= 15 is 0 Å². The molecule has 0 saturated heterocycles. The summed E-state index contributed by atoms with van der Waals surface area (Å²) in [4.78, 5) is 14.0. The predicted octanol–water partition coefficient (Wildman–Crippen LogP) is 3.12. The van der Waals surface area contributed by atoms with E-state index in [-0.39, 0.29) is 5.91 Å². The normalized spacial score (nSPS) is 20.1. The number of rotatable bonds is 3. The van der Waals surface area contributed by atoms with Gasteiger partial charge in [0.25, 0.3) is 5.91 Å². The Labute approximate surface area is 146 Å². The molecule has 4 rings (SSSR count). The molecule has 6 heteroatoms. The first-order valence-corrected chi connectivity index (χ1v) is 9.88. The summed E-state index contributed by atoms with van der Waals surface area (Å²) < 4.78 is 2.19. The van der Waals surface area contributed by atoms with Gasteiger partial charge in [0, 0.05) is 23.2 Å². The Balaban J connectivity index is 1.45. The molecule has 2 aliphatic rings. The molecule has 0 bridgehead atoms. The first kappa shape index (κ1) is 15.8. The van der Waals surface area contributed by atoms with Gasteiger partial charge in [0.15, 0.2) is 5.82 Å². The van der Waals surface area contributed by atoms with Crippen LogP contribution < -0.4 is 5.32 Å². The molecule has 0 radical (unpaired) electrons. The molecule has 5 nitrogen and oxygen atoms in total. The standard InChI is InChI=1S/C18H24N4OS/c1-12-6-7-13-14(11-24-15(13)9-12)18(23)19-10-17-21-20-16-5-3-2-4-8-22(16)17/h11-12H,2-10H2,1H3,(H,19,23)/t12-/m0/s1. The average molecular weight is 344 g/mol. The van der Waals surface area contributed by atoms with Crippen molar-refractivity contribution in [2.45, 2.75) is 65.0 Å². The number of amides is 1. The van der Waals surface area contributed by atoms with E-state index in [2.05, 4.69) is 27.0 Å². The zero-order chi connectivity index (χ0) is 16.5. The minimum Gasteiger partial charge on any atom is -0.345 e. The number of nitrogens with one attached hydrogen (secondary N) is 1. The van der Waals surface area contributed by atoms with Crippen LogP contribution in [0.15, 0.2) is 5.38 Å². The van der Waals surface area contributed by atoms with Crippen molar-refractivity contribution in [3.05, 3.63) is 33.0 Å². The fourth-order valence-corrected chi connectivity index (χ4v) is 5.04. The van der Waals surface area contributed by atoms with E-state index < -0.39 is 0 Å². The van der Waals surface area contributed by atoms with Gasteiger partial charge in [-0.25, -0.2) is 0 Å². The number of hydrogen-bond donors (Lipinski definition) is 1. The highest BCUT2D eigenvalue weighted by molar-refractivity contribution is 7.10. The van der Waals surface area contributed by atoms with Crippen LogP contribution in [0, 0.1) is 5.92 Å². The molecule has 1 atom stereocenters. The van der Waals surface area contributed by atoms with Gasteiger partial charge in [-0.2, -0.15) is 0 Å². The number of aryl methyl sites for hydroxylation is 1. The molecule has 0 fully saturated rings. The molecule has 0 unspecified atom stereocenters. The third-order valence-corrected chi connectivity index (χ3v) is 6.29. The molecule has 0 aromatic carbocycles. The van der Waals surface area contributed by atoms with Crippen molar-refractivity contribution in [2.24, 2.45) is 5.92 Å². The van der Waals surface area contributed by atoms with Crippen molar-refractivity contribution in [1.82, 2.24) is 20.1 Å². The van der Waals surface area contributed by atoms with Crippen molar-refractivity contribution < 1.29 is 4.79 Å². The molecule has 1 aliphatic carbocycles. The molecule has 128 valence electrons. The van der Waals surface area contributed by atoms with Crippen molar-refractivity contribution in [2.75, 3.05) is 0 Å². The van der Waals surface area contributed by atoms with E-state index in [0.717, 1.165) is 48.9 Å². The first-order chi connectivity index (χ1) is 11.7. The Bertz CT molecular complexity index is 748. The lowest BCUT2D eigenvalue weighted by atomic mass is 9.88. The van der Waals surface area contributed by atoms with Gasteiger partial charge < -0.3 is 9.88 Å². The Hall–Kier alpha value is -1.69. The summed E-state index contributed by atoms with van der Waals surface area (Å²) in [7, 11) is 0. The minimum atomic E-state index is 0.0352. The third-order valence-electron chi connectivity index (χ3n) is 5.24. The molecule has 1 N–H and O–H groups in total. The molecule has 3 heterocycles. The second-order valence-electron chi connectivity index (χ2n) is 7.08. The van der Waals surface area contributed by atoms with E-state index in [9.17, 15) is 4.79 Å². The smallest absolute Gasteiger partial charge is 0.252 e. The zero-order valence-electron chi connectivity index (χ0n) is 14.2. The number of fused-ring (bicyclic) bond motifs is 2. The lowest BCUT2D eigenvalue weighted by Gasteiger charge is -2.18. The predicted molar refractivity (Wildman–Crippen MR) is 94.3 cm³/mol. The number of carbonyl (C=O) groups excluding carboxylic acids is 1. The highest BCUT2D eigenvalue weighted by atomic mass is 32.1. The SMILES string of the molecule is C[C@H]1CCc2c(C(=O)NCc3nnc4n3CCCCC4)csc2C1. The number of aromatic nitrogens is 3. The van der Waals surface area contributed by atoms with E-state index in [1.54, 1.807) is 11.3 Å². The van der Waals surface area contributed by atoms with Crippen LogP contribution in [0.25, 0.3) is 0 Å². The van der Waals surface area contributed by atoms with Gasteiger partial charge in [-0.3, -0.25) is 4.79 Å². The highest BCUT2D eigenvalue weighted by Gasteiger charge is 2.23. The Morgan fingerprint density at radius 1 is 1.33 bits per heavy atom. The van der Waals surface area contributed by atoms with Crippen LogP contribution in [0.4, 0.5) is 0 Å². The van der Waals surface area contributed by atoms with Gasteiger partial charge >= 0.3 is 0 Å². The summed E-state index contributed by atoms with van der Waals surface area (Å²) in [6, 6.07) is 0. The second kappa shape index (κ2) is 6.67. The van der Waals surface area contributed by atoms with Crippen molar-refractivity contribution in [3.8, 4) is 0 Å². The quantitative estimate of drug-likeness (QED) is 0.931. The highest BCUT2D eigenvalue weighted by Crippen LogP contribution is 2.32. The van der Waals surface area contributed by atoms with Gasteiger partial charge in [-0.15, -0.1) is 21.5 Å². The number of carbonyl (C=O) groups is 1. The number of hydrogen-bond acceptors (Lipinski definition) is 4. The van der Waals surface area contributed by atoms with Crippen LogP contribution in [0.3, 0.4) is 0 Å². The molecule has 1 aliphatic heterocycles. The maximum absolute atomic E-state index is 12.6. The summed E-state index contributed by atoms with van der Waals surface area (Å²) in [5, 5.41) is 13.7. The van der Waals surface area contributed by atoms with Gasteiger partial charge in [0.2, 0.25) is 0 Å². The lowest BCUT2D eigenvalue weighted by molar-refractivity contribution is 0.0948. The summed E-state index contributed by atoms with van der Waals surface area (Å²) in [6.45, 7) is 3.73. The minimum absolute atomic E-state index is 0.0352. The van der Waals surface area contributed by atoms with E-state index in [1.807, 2.05) is 5.38 Å². The molecular weight excluding hydrogens is 320 g/mol. The number of nitrogens with zero attached hydrogens (tertiary/aromatic N) is 3. The topological polar surface area (TPSA) is 59.8 Å². The van der Waals surface area contributed by atoms with Crippen molar-refractivity contribution >= 4 is 17.2 Å². The fourth-order valence-electron chi connectivity index (χ4n) is 3.80. The molecule has 2 aromatic heterocycles. The Morgan fingerprint density at radius 3 is 3.17 bits per heavy atom. The molecular formula is C18H24N4OS. The van der Waals surface area contributed by atoms with E-state index in [4.69, 9.17) is 0 Å². The fraction of sp³-hybridized carbons (Fsp3) is 0.611. The van der Waals surface area contributed by atoms with Gasteiger partial charge in [-0.05, 0) is 43.6 Å². The van der Waals surface area contributed by atoms with Gasteiger partial charge in [-0.1, -0.05) is 13.3 Å². The third kappa shape index (κ3) is 2.99. The number of thiophene rings is 1. The van der Waals surface area contributed by atoms with Crippen molar-refractivity contribution in [3.63, 3.8) is 0 Å². The molecule has 1 amide bonds. The van der Waals surface area contributed by atoms with Crippen LogP contribution >= 0.6 is 11.3 Å². The van der Waals surface area contributed by atoms with Crippen LogP contribution in [-0.2, 0) is 32.4 Å². The molecule has 2 aromatic rings. The Kier molecular flexibility index (Phi) is 4.39. The van der Waals surface area contributed by atoms with Gasteiger partial charge in [0.05, 0.1) is 12.1 Å². The Morgan fingerprint density at radius 2 is 2.25 bits per heavy atom. The van der Waals surface area contributed by atoms with Gasteiger partial charge in [0.1, 0.15) is 5.82 Å². The average Bonchev–Trinajstić information content (AvgIpc) is 3.09. The largest absolute Gasteiger partial charge is 0.345 e.